The normalized spacial score (nSPS) is 20.9. The number of hydrogen-bond donors (Lipinski definition) is 1. The minimum Gasteiger partial charge on any atom is -0.392 e. The van der Waals surface area contributed by atoms with Gasteiger partial charge in [-0.1, -0.05) is 23.4 Å². The molecule has 0 saturated carbocycles. The number of pyridine rings is 1. The molecule has 1 aliphatic heterocycles. The van der Waals surface area contributed by atoms with Crippen LogP contribution in [0.4, 0.5) is 4.39 Å². The number of rotatable bonds is 4. The highest BCUT2D eigenvalue weighted by molar-refractivity contribution is 5.47. The molecular weight excluding hydrogens is 323 g/mol. The van der Waals surface area contributed by atoms with Gasteiger partial charge < -0.3 is 9.63 Å². The van der Waals surface area contributed by atoms with E-state index in [2.05, 4.69) is 20.0 Å². The molecule has 1 N–H and O–H groups in total. The molecule has 2 aromatic heterocycles. The van der Waals surface area contributed by atoms with Crippen molar-refractivity contribution < 1.29 is 14.0 Å². The van der Waals surface area contributed by atoms with Gasteiger partial charge in [-0.2, -0.15) is 4.98 Å². The summed E-state index contributed by atoms with van der Waals surface area (Å²) in [6.45, 7) is 1.08. The van der Waals surface area contributed by atoms with Gasteiger partial charge >= 0.3 is 0 Å². The topological polar surface area (TPSA) is 75.3 Å². The Balaban J connectivity index is 1.55. The van der Waals surface area contributed by atoms with E-state index >= 15 is 0 Å². The monoisotopic (exact) mass is 340 g/mol. The number of aliphatic hydroxyl groups excluding tert-OH is 1. The number of likely N-dealkylation sites (tertiary alicyclic amines) is 1. The molecule has 25 heavy (non-hydrogen) atoms. The van der Waals surface area contributed by atoms with E-state index in [0.717, 1.165) is 5.56 Å². The fraction of sp³-hybridized carbons (Fsp3) is 0.278. The van der Waals surface area contributed by atoms with Gasteiger partial charge in [-0.3, -0.25) is 9.88 Å². The maximum atomic E-state index is 13.1. The average molecular weight is 340 g/mol. The summed E-state index contributed by atoms with van der Waals surface area (Å²) in [6.07, 6.45) is 1.73. The highest BCUT2D eigenvalue weighted by Gasteiger charge is 2.36. The third-order valence-corrected chi connectivity index (χ3v) is 4.30. The lowest BCUT2D eigenvalue weighted by Crippen LogP contribution is -2.24. The number of β-amino-alcohol motifs (C(OH)–C–C–N with tert-alkyl or cyclic N) is 1. The van der Waals surface area contributed by atoms with Crippen LogP contribution in [0.25, 0.3) is 11.5 Å². The molecule has 0 spiro atoms. The van der Waals surface area contributed by atoms with Gasteiger partial charge in [0.05, 0.1) is 12.1 Å². The average Bonchev–Trinajstić information content (AvgIpc) is 3.24. The highest BCUT2D eigenvalue weighted by atomic mass is 19.1. The van der Waals surface area contributed by atoms with Crippen molar-refractivity contribution in [3.63, 3.8) is 0 Å². The van der Waals surface area contributed by atoms with Gasteiger partial charge in [0, 0.05) is 19.3 Å². The van der Waals surface area contributed by atoms with Gasteiger partial charge in [-0.05, 0) is 36.2 Å². The molecule has 3 aromatic rings. The van der Waals surface area contributed by atoms with E-state index in [1.54, 1.807) is 18.3 Å². The Hall–Kier alpha value is -2.64. The van der Waals surface area contributed by atoms with E-state index < -0.39 is 6.10 Å². The van der Waals surface area contributed by atoms with Crippen LogP contribution in [0, 0.1) is 5.82 Å². The molecule has 4 rings (SSSR count). The van der Waals surface area contributed by atoms with Crippen molar-refractivity contribution >= 4 is 0 Å². The molecule has 0 aliphatic carbocycles. The SMILES string of the molecule is O[C@@H]1C[C@@H](c2nc(-c3ccccn3)no2)N(Cc2ccc(F)cc2)C1. The van der Waals surface area contributed by atoms with Crippen LogP contribution in [0.2, 0.25) is 0 Å². The molecular formula is C18H17FN4O2. The summed E-state index contributed by atoms with van der Waals surface area (Å²) in [5.74, 6) is 0.622. The lowest BCUT2D eigenvalue weighted by atomic mass is 10.1. The fourth-order valence-electron chi connectivity index (χ4n) is 3.10. The summed E-state index contributed by atoms with van der Waals surface area (Å²) >= 11 is 0. The van der Waals surface area contributed by atoms with E-state index in [-0.39, 0.29) is 11.9 Å². The summed E-state index contributed by atoms with van der Waals surface area (Å²) in [4.78, 5) is 10.7. The minimum atomic E-state index is -0.462. The lowest BCUT2D eigenvalue weighted by Gasteiger charge is -2.21. The number of hydrogen-bond acceptors (Lipinski definition) is 6. The third kappa shape index (κ3) is 3.42. The predicted molar refractivity (Wildman–Crippen MR) is 87.7 cm³/mol. The Bertz CT molecular complexity index is 838. The van der Waals surface area contributed by atoms with E-state index in [4.69, 9.17) is 4.52 Å². The molecule has 1 aliphatic rings. The van der Waals surface area contributed by atoms with Crippen LogP contribution >= 0.6 is 0 Å². The Morgan fingerprint density at radius 2 is 2.04 bits per heavy atom. The van der Waals surface area contributed by atoms with Crippen LogP contribution in [0.5, 0.6) is 0 Å². The zero-order valence-electron chi connectivity index (χ0n) is 13.4. The van der Waals surface area contributed by atoms with Gasteiger partial charge in [-0.25, -0.2) is 4.39 Å². The summed E-state index contributed by atoms with van der Waals surface area (Å²) in [7, 11) is 0. The van der Waals surface area contributed by atoms with Crippen molar-refractivity contribution in [2.24, 2.45) is 0 Å². The van der Waals surface area contributed by atoms with Crippen molar-refractivity contribution in [3.05, 3.63) is 65.9 Å². The largest absolute Gasteiger partial charge is 0.392 e. The summed E-state index contributed by atoms with van der Waals surface area (Å²) in [6, 6.07) is 11.7. The number of aromatic nitrogens is 3. The third-order valence-electron chi connectivity index (χ3n) is 4.30. The molecule has 2 atom stereocenters. The molecule has 128 valence electrons. The lowest BCUT2D eigenvalue weighted by molar-refractivity contribution is 0.169. The molecule has 6 nitrogen and oxygen atoms in total. The van der Waals surface area contributed by atoms with Gasteiger partial charge in [0.2, 0.25) is 11.7 Å². The highest BCUT2D eigenvalue weighted by Crippen LogP contribution is 2.33. The molecule has 7 heteroatoms. The molecule has 3 heterocycles. The molecule has 0 unspecified atom stereocenters. The van der Waals surface area contributed by atoms with Gasteiger partial charge in [0.15, 0.2) is 0 Å². The van der Waals surface area contributed by atoms with Crippen molar-refractivity contribution in [1.82, 2.24) is 20.0 Å². The second-order valence-corrected chi connectivity index (χ2v) is 6.13. The van der Waals surface area contributed by atoms with E-state index in [1.165, 1.54) is 12.1 Å². The number of benzene rings is 1. The van der Waals surface area contributed by atoms with E-state index in [1.807, 2.05) is 18.2 Å². The Morgan fingerprint density at radius 1 is 1.20 bits per heavy atom. The first-order valence-corrected chi connectivity index (χ1v) is 8.10. The van der Waals surface area contributed by atoms with Gasteiger partial charge in [0.25, 0.3) is 0 Å². The molecule has 1 aromatic carbocycles. The number of aliphatic hydroxyl groups is 1. The summed E-state index contributed by atoms with van der Waals surface area (Å²) < 4.78 is 18.5. The first-order valence-electron chi connectivity index (χ1n) is 8.10. The van der Waals surface area contributed by atoms with Crippen LogP contribution in [-0.4, -0.2) is 37.8 Å². The van der Waals surface area contributed by atoms with Crippen LogP contribution in [0.1, 0.15) is 23.9 Å². The van der Waals surface area contributed by atoms with E-state index in [0.29, 0.717) is 36.9 Å². The maximum absolute atomic E-state index is 13.1. The summed E-state index contributed by atoms with van der Waals surface area (Å²) in [5.41, 5.74) is 1.60. The first kappa shape index (κ1) is 15.9. The van der Waals surface area contributed by atoms with Crippen LogP contribution in [0.3, 0.4) is 0 Å². The van der Waals surface area contributed by atoms with Crippen molar-refractivity contribution in [1.29, 1.82) is 0 Å². The second kappa shape index (κ2) is 6.70. The van der Waals surface area contributed by atoms with Gasteiger partial charge in [-0.15, -0.1) is 0 Å². The minimum absolute atomic E-state index is 0.176. The van der Waals surface area contributed by atoms with E-state index in [9.17, 15) is 9.50 Å². The first-order chi connectivity index (χ1) is 12.2. The van der Waals surface area contributed by atoms with Crippen LogP contribution < -0.4 is 0 Å². The molecule has 0 bridgehead atoms. The Kier molecular flexibility index (Phi) is 4.25. The second-order valence-electron chi connectivity index (χ2n) is 6.13. The quantitative estimate of drug-likeness (QED) is 0.787. The molecule has 1 fully saturated rings. The molecule has 1 saturated heterocycles. The number of nitrogens with zero attached hydrogens (tertiary/aromatic N) is 4. The zero-order valence-corrected chi connectivity index (χ0v) is 13.4. The number of halogens is 1. The van der Waals surface area contributed by atoms with Crippen molar-refractivity contribution in [2.75, 3.05) is 6.54 Å². The zero-order chi connectivity index (χ0) is 17.2. The standard InChI is InChI=1S/C18H17FN4O2/c19-13-6-4-12(5-7-13)10-23-11-14(24)9-16(23)18-21-17(22-25-18)15-3-1-2-8-20-15/h1-8,14,16,24H,9-11H2/t14-,16+/m1/s1. The summed E-state index contributed by atoms with van der Waals surface area (Å²) in [5, 5.41) is 14.1. The van der Waals surface area contributed by atoms with Crippen LogP contribution in [-0.2, 0) is 6.54 Å². The smallest absolute Gasteiger partial charge is 0.244 e. The van der Waals surface area contributed by atoms with Crippen molar-refractivity contribution in [3.8, 4) is 11.5 Å². The fourth-order valence-corrected chi connectivity index (χ4v) is 3.10. The maximum Gasteiger partial charge on any atom is 0.244 e. The molecule has 0 amide bonds. The Labute approximate surface area is 143 Å². The van der Waals surface area contributed by atoms with Gasteiger partial charge in [0.1, 0.15) is 11.5 Å². The van der Waals surface area contributed by atoms with Crippen molar-refractivity contribution in [2.45, 2.75) is 25.1 Å². The predicted octanol–water partition coefficient (Wildman–Crippen LogP) is 2.58. The Morgan fingerprint density at radius 3 is 2.80 bits per heavy atom. The van der Waals surface area contributed by atoms with Crippen LogP contribution in [0.15, 0.2) is 53.2 Å². The molecule has 0 radical (unpaired) electrons.